The Hall–Kier alpha value is -1.42. The van der Waals surface area contributed by atoms with E-state index in [9.17, 15) is 9.18 Å². The second kappa shape index (κ2) is 5.29. The van der Waals surface area contributed by atoms with Gasteiger partial charge in [0.05, 0.1) is 5.56 Å². The van der Waals surface area contributed by atoms with Crippen molar-refractivity contribution >= 4 is 5.97 Å². The minimum atomic E-state index is -1.23. The monoisotopic (exact) mass is 265 g/mol. The maximum Gasteiger partial charge on any atom is 0.338 e. The smallest absolute Gasteiger partial charge is 0.338 e. The summed E-state index contributed by atoms with van der Waals surface area (Å²) in [6, 6.07) is 4.28. The molecule has 3 nitrogen and oxygen atoms in total. The van der Waals surface area contributed by atoms with Gasteiger partial charge in [-0.1, -0.05) is 19.9 Å². The molecular formula is C15H20FNO2. The zero-order valence-electron chi connectivity index (χ0n) is 11.4. The number of halogens is 1. The Balaban J connectivity index is 1.90. The van der Waals surface area contributed by atoms with E-state index in [4.69, 9.17) is 5.11 Å². The van der Waals surface area contributed by atoms with Gasteiger partial charge in [0.1, 0.15) is 5.82 Å². The fourth-order valence-corrected chi connectivity index (χ4v) is 2.42. The molecule has 0 amide bonds. The fourth-order valence-electron chi connectivity index (χ4n) is 2.42. The number of aromatic carboxylic acids is 1. The normalized spacial score (nSPS) is 16.6. The second-order valence-electron chi connectivity index (χ2n) is 5.74. The molecule has 1 aromatic rings. The first-order valence-corrected chi connectivity index (χ1v) is 6.67. The summed E-state index contributed by atoms with van der Waals surface area (Å²) in [7, 11) is 0. The number of carbonyl (C=O) groups is 1. The van der Waals surface area contributed by atoms with Gasteiger partial charge in [0.25, 0.3) is 0 Å². The Bertz CT molecular complexity index is 481. The van der Waals surface area contributed by atoms with Crippen LogP contribution in [-0.4, -0.2) is 17.6 Å². The Kier molecular flexibility index (Phi) is 3.90. The summed E-state index contributed by atoms with van der Waals surface area (Å²) >= 11 is 0. The fraction of sp³-hybridized carbons (Fsp3) is 0.533. The van der Waals surface area contributed by atoms with E-state index in [-0.39, 0.29) is 5.56 Å². The third-order valence-electron chi connectivity index (χ3n) is 4.19. The molecular weight excluding hydrogens is 245 g/mol. The third kappa shape index (κ3) is 3.13. The Morgan fingerprint density at radius 1 is 1.47 bits per heavy atom. The standard InChI is InChI=1S/C15H20FNO2/c1-10(2)15(5-6-15)9-17-8-11-3-4-12(14(18)19)13(16)7-11/h3-4,7,10,17H,5-6,8-9H2,1-2H3,(H,18,19). The van der Waals surface area contributed by atoms with Crippen LogP contribution in [0.15, 0.2) is 18.2 Å². The molecule has 0 saturated heterocycles. The average Bonchev–Trinajstić information content (AvgIpc) is 3.10. The predicted molar refractivity (Wildman–Crippen MR) is 71.6 cm³/mol. The van der Waals surface area contributed by atoms with E-state index in [1.54, 1.807) is 6.07 Å². The molecule has 19 heavy (non-hydrogen) atoms. The van der Waals surface area contributed by atoms with Crippen molar-refractivity contribution in [3.8, 4) is 0 Å². The molecule has 0 heterocycles. The highest BCUT2D eigenvalue weighted by atomic mass is 19.1. The van der Waals surface area contributed by atoms with Crippen LogP contribution < -0.4 is 5.32 Å². The van der Waals surface area contributed by atoms with Crippen molar-refractivity contribution < 1.29 is 14.3 Å². The van der Waals surface area contributed by atoms with Gasteiger partial charge in [-0.05, 0) is 41.9 Å². The summed E-state index contributed by atoms with van der Waals surface area (Å²) in [6.45, 7) is 5.98. The van der Waals surface area contributed by atoms with Gasteiger partial charge in [-0.2, -0.15) is 0 Å². The van der Waals surface area contributed by atoms with Crippen LogP contribution in [0.4, 0.5) is 4.39 Å². The van der Waals surface area contributed by atoms with E-state index in [1.807, 2.05) is 0 Å². The minimum Gasteiger partial charge on any atom is -0.478 e. The predicted octanol–water partition coefficient (Wildman–Crippen LogP) is 3.05. The highest BCUT2D eigenvalue weighted by molar-refractivity contribution is 5.87. The van der Waals surface area contributed by atoms with Crippen LogP contribution in [0.3, 0.4) is 0 Å². The van der Waals surface area contributed by atoms with Gasteiger partial charge >= 0.3 is 5.97 Å². The number of hydrogen-bond donors (Lipinski definition) is 2. The van der Waals surface area contributed by atoms with Gasteiger partial charge in [-0.25, -0.2) is 9.18 Å². The third-order valence-corrected chi connectivity index (χ3v) is 4.19. The maximum atomic E-state index is 13.5. The average molecular weight is 265 g/mol. The van der Waals surface area contributed by atoms with Crippen LogP contribution in [0.2, 0.25) is 0 Å². The van der Waals surface area contributed by atoms with Crippen molar-refractivity contribution in [2.45, 2.75) is 33.2 Å². The molecule has 0 aromatic heterocycles. The van der Waals surface area contributed by atoms with Gasteiger partial charge in [0.2, 0.25) is 0 Å². The molecule has 0 atom stereocenters. The number of carboxylic acid groups (broad SMARTS) is 1. The van der Waals surface area contributed by atoms with Crippen LogP contribution in [0.1, 0.15) is 42.6 Å². The zero-order chi connectivity index (χ0) is 14.0. The molecule has 0 bridgehead atoms. The molecule has 0 radical (unpaired) electrons. The van der Waals surface area contributed by atoms with Crippen molar-refractivity contribution in [2.75, 3.05) is 6.54 Å². The molecule has 4 heteroatoms. The lowest BCUT2D eigenvalue weighted by Gasteiger charge is -2.20. The molecule has 1 saturated carbocycles. The first-order chi connectivity index (χ1) is 8.94. The Morgan fingerprint density at radius 2 is 2.16 bits per heavy atom. The van der Waals surface area contributed by atoms with Crippen molar-refractivity contribution in [1.82, 2.24) is 5.32 Å². The molecule has 1 aromatic carbocycles. The zero-order valence-corrected chi connectivity index (χ0v) is 11.4. The lowest BCUT2D eigenvalue weighted by molar-refractivity contribution is 0.0692. The van der Waals surface area contributed by atoms with Crippen molar-refractivity contribution in [2.24, 2.45) is 11.3 Å². The van der Waals surface area contributed by atoms with Crippen LogP contribution in [0.25, 0.3) is 0 Å². The van der Waals surface area contributed by atoms with Gasteiger partial charge in [0, 0.05) is 13.1 Å². The number of rotatable bonds is 6. The SMILES string of the molecule is CC(C)C1(CNCc2ccc(C(=O)O)c(F)c2)CC1. The van der Waals surface area contributed by atoms with Crippen LogP contribution in [0.5, 0.6) is 0 Å². The molecule has 0 spiro atoms. The van der Waals surface area contributed by atoms with E-state index < -0.39 is 11.8 Å². The molecule has 1 fully saturated rings. The van der Waals surface area contributed by atoms with E-state index >= 15 is 0 Å². The summed E-state index contributed by atoms with van der Waals surface area (Å²) in [5.41, 5.74) is 0.922. The number of carboxylic acids is 1. The van der Waals surface area contributed by atoms with E-state index in [2.05, 4.69) is 19.2 Å². The van der Waals surface area contributed by atoms with E-state index in [1.165, 1.54) is 25.0 Å². The Morgan fingerprint density at radius 3 is 2.63 bits per heavy atom. The number of hydrogen-bond acceptors (Lipinski definition) is 2. The molecule has 2 rings (SSSR count). The first-order valence-electron chi connectivity index (χ1n) is 6.67. The highest BCUT2D eigenvalue weighted by Crippen LogP contribution is 2.51. The topological polar surface area (TPSA) is 49.3 Å². The van der Waals surface area contributed by atoms with Gasteiger partial charge < -0.3 is 10.4 Å². The molecule has 1 aliphatic rings. The van der Waals surface area contributed by atoms with E-state index in [0.29, 0.717) is 17.9 Å². The van der Waals surface area contributed by atoms with Gasteiger partial charge in [0.15, 0.2) is 0 Å². The largest absolute Gasteiger partial charge is 0.478 e. The summed E-state index contributed by atoms with van der Waals surface area (Å²) in [4.78, 5) is 10.7. The lowest BCUT2D eigenvalue weighted by atomic mass is 9.92. The summed E-state index contributed by atoms with van der Waals surface area (Å²) in [5.74, 6) is -1.24. The lowest BCUT2D eigenvalue weighted by Crippen LogP contribution is -2.27. The van der Waals surface area contributed by atoms with Gasteiger partial charge in [-0.15, -0.1) is 0 Å². The molecule has 2 N–H and O–H groups in total. The Labute approximate surface area is 112 Å². The summed E-state index contributed by atoms with van der Waals surface area (Å²) in [6.07, 6.45) is 2.51. The molecule has 104 valence electrons. The number of benzene rings is 1. The van der Waals surface area contributed by atoms with Crippen molar-refractivity contribution in [1.29, 1.82) is 0 Å². The van der Waals surface area contributed by atoms with Crippen molar-refractivity contribution in [3.05, 3.63) is 35.1 Å². The van der Waals surface area contributed by atoms with Crippen LogP contribution in [-0.2, 0) is 6.54 Å². The number of nitrogens with one attached hydrogen (secondary N) is 1. The molecule has 0 unspecified atom stereocenters. The first kappa shape index (κ1) is 14.0. The summed E-state index contributed by atoms with van der Waals surface area (Å²) < 4.78 is 13.5. The molecule has 1 aliphatic carbocycles. The minimum absolute atomic E-state index is 0.274. The van der Waals surface area contributed by atoms with Crippen LogP contribution in [0, 0.1) is 17.2 Å². The van der Waals surface area contributed by atoms with Crippen molar-refractivity contribution in [3.63, 3.8) is 0 Å². The second-order valence-corrected chi connectivity index (χ2v) is 5.74. The van der Waals surface area contributed by atoms with Gasteiger partial charge in [-0.3, -0.25) is 0 Å². The maximum absolute atomic E-state index is 13.5. The molecule has 0 aliphatic heterocycles. The van der Waals surface area contributed by atoms with E-state index in [0.717, 1.165) is 12.1 Å². The summed E-state index contributed by atoms with van der Waals surface area (Å²) in [5, 5.41) is 12.1. The highest BCUT2D eigenvalue weighted by Gasteiger charge is 2.44. The van der Waals surface area contributed by atoms with Crippen LogP contribution >= 0.6 is 0 Å². The quantitative estimate of drug-likeness (QED) is 0.831.